The van der Waals surface area contributed by atoms with Gasteiger partial charge in [-0.3, -0.25) is 4.79 Å². The van der Waals surface area contributed by atoms with Crippen molar-refractivity contribution >= 4 is 5.91 Å². The van der Waals surface area contributed by atoms with Gasteiger partial charge in [-0.05, 0) is 63.9 Å². The zero-order chi connectivity index (χ0) is 14.4. The summed E-state index contributed by atoms with van der Waals surface area (Å²) in [6.07, 6.45) is 4.99. The van der Waals surface area contributed by atoms with Crippen molar-refractivity contribution in [1.82, 2.24) is 9.80 Å². The number of amides is 1. The Kier molecular flexibility index (Phi) is 5.60. The van der Waals surface area contributed by atoms with Crippen LogP contribution in [0.3, 0.4) is 0 Å². The van der Waals surface area contributed by atoms with Gasteiger partial charge in [0.05, 0.1) is 0 Å². The molecule has 3 nitrogen and oxygen atoms in total. The van der Waals surface area contributed by atoms with Gasteiger partial charge in [-0.2, -0.15) is 0 Å². The number of rotatable bonds is 5. The number of benzene rings is 1. The molecule has 110 valence electrons. The fraction of sp³-hybridized carbons (Fsp3) is 0.588. The highest BCUT2D eigenvalue weighted by Gasteiger charge is 2.17. The third kappa shape index (κ3) is 4.34. The van der Waals surface area contributed by atoms with E-state index in [9.17, 15) is 4.79 Å². The molecular weight excluding hydrogens is 248 g/mol. The zero-order valence-electron chi connectivity index (χ0n) is 12.7. The zero-order valence-corrected chi connectivity index (χ0v) is 12.7. The van der Waals surface area contributed by atoms with Crippen molar-refractivity contribution in [1.29, 1.82) is 0 Å². The molecule has 1 saturated heterocycles. The molecule has 0 aromatic heterocycles. The van der Waals surface area contributed by atoms with Crippen LogP contribution in [0.1, 0.15) is 36.0 Å². The second kappa shape index (κ2) is 7.44. The fourth-order valence-electron chi connectivity index (χ4n) is 2.87. The van der Waals surface area contributed by atoms with Crippen LogP contribution in [-0.2, 0) is 0 Å². The van der Waals surface area contributed by atoms with E-state index in [1.165, 1.54) is 32.4 Å². The molecule has 0 bridgehead atoms. The molecule has 0 aliphatic carbocycles. The highest BCUT2D eigenvalue weighted by Crippen LogP contribution is 2.21. The van der Waals surface area contributed by atoms with Crippen LogP contribution in [0.25, 0.3) is 0 Å². The summed E-state index contributed by atoms with van der Waals surface area (Å²) in [6, 6.07) is 9.54. The normalized spacial score (nSPS) is 17.1. The average Bonchev–Trinajstić information content (AvgIpc) is 2.49. The number of nitrogens with zero attached hydrogens (tertiary/aromatic N) is 2. The van der Waals surface area contributed by atoms with Gasteiger partial charge in [0.1, 0.15) is 0 Å². The van der Waals surface area contributed by atoms with E-state index in [1.54, 1.807) is 0 Å². The number of hydrogen-bond acceptors (Lipinski definition) is 2. The topological polar surface area (TPSA) is 23.6 Å². The Labute approximate surface area is 122 Å². The lowest BCUT2D eigenvalue weighted by Gasteiger charge is -2.29. The molecule has 20 heavy (non-hydrogen) atoms. The maximum atomic E-state index is 12.2. The monoisotopic (exact) mass is 274 g/mol. The Morgan fingerprint density at radius 3 is 2.55 bits per heavy atom. The first-order valence-corrected chi connectivity index (χ1v) is 7.66. The Bertz CT molecular complexity index is 410. The summed E-state index contributed by atoms with van der Waals surface area (Å²) in [5.41, 5.74) is 0.786. The first kappa shape index (κ1) is 15.0. The van der Waals surface area contributed by atoms with E-state index < -0.39 is 0 Å². The minimum Gasteiger partial charge on any atom is -0.342 e. The SMILES string of the molecule is CN1CCC(CCCN(C)C(=O)c2ccccc2)CC1. The van der Waals surface area contributed by atoms with Crippen molar-refractivity contribution in [2.45, 2.75) is 25.7 Å². The van der Waals surface area contributed by atoms with Gasteiger partial charge in [0, 0.05) is 19.2 Å². The van der Waals surface area contributed by atoms with Gasteiger partial charge in [0.25, 0.3) is 5.91 Å². The molecule has 1 aromatic rings. The van der Waals surface area contributed by atoms with Crippen molar-refractivity contribution in [3.05, 3.63) is 35.9 Å². The molecule has 3 heteroatoms. The van der Waals surface area contributed by atoms with Gasteiger partial charge in [-0.25, -0.2) is 0 Å². The highest BCUT2D eigenvalue weighted by atomic mass is 16.2. The lowest BCUT2D eigenvalue weighted by atomic mass is 9.92. The Balaban J connectivity index is 1.70. The van der Waals surface area contributed by atoms with Crippen LogP contribution in [0, 0.1) is 5.92 Å². The largest absolute Gasteiger partial charge is 0.342 e. The number of hydrogen-bond donors (Lipinski definition) is 0. The van der Waals surface area contributed by atoms with Crippen LogP contribution < -0.4 is 0 Å². The Morgan fingerprint density at radius 2 is 1.90 bits per heavy atom. The molecule has 1 aliphatic rings. The third-order valence-corrected chi connectivity index (χ3v) is 4.31. The van der Waals surface area contributed by atoms with Crippen LogP contribution in [0.2, 0.25) is 0 Å². The van der Waals surface area contributed by atoms with Crippen molar-refractivity contribution in [3.8, 4) is 0 Å². The summed E-state index contributed by atoms with van der Waals surface area (Å²) in [5.74, 6) is 0.986. The van der Waals surface area contributed by atoms with Gasteiger partial charge in [-0.15, -0.1) is 0 Å². The van der Waals surface area contributed by atoms with Crippen LogP contribution in [0.4, 0.5) is 0 Å². The highest BCUT2D eigenvalue weighted by molar-refractivity contribution is 5.93. The molecule has 1 fully saturated rings. The lowest BCUT2D eigenvalue weighted by Crippen LogP contribution is -2.31. The third-order valence-electron chi connectivity index (χ3n) is 4.31. The van der Waals surface area contributed by atoms with E-state index in [4.69, 9.17) is 0 Å². The smallest absolute Gasteiger partial charge is 0.253 e. The molecule has 1 aromatic carbocycles. The molecule has 0 unspecified atom stereocenters. The predicted molar refractivity (Wildman–Crippen MR) is 82.9 cm³/mol. The first-order valence-electron chi connectivity index (χ1n) is 7.66. The summed E-state index contributed by atoms with van der Waals surface area (Å²) < 4.78 is 0. The molecule has 0 saturated carbocycles. The molecule has 1 amide bonds. The quantitative estimate of drug-likeness (QED) is 0.824. The van der Waals surface area contributed by atoms with Crippen LogP contribution in [-0.4, -0.2) is 49.4 Å². The molecule has 0 radical (unpaired) electrons. The number of likely N-dealkylation sites (tertiary alicyclic amines) is 1. The summed E-state index contributed by atoms with van der Waals surface area (Å²) in [7, 11) is 4.10. The van der Waals surface area contributed by atoms with Gasteiger partial charge in [-0.1, -0.05) is 18.2 Å². The van der Waals surface area contributed by atoms with E-state index in [2.05, 4.69) is 11.9 Å². The summed E-state index contributed by atoms with van der Waals surface area (Å²) in [5, 5.41) is 0. The maximum Gasteiger partial charge on any atom is 0.253 e. The van der Waals surface area contributed by atoms with Crippen LogP contribution in [0.15, 0.2) is 30.3 Å². The standard InChI is InChI=1S/C17H26N2O/c1-18-13-10-15(11-14-18)7-6-12-19(2)17(20)16-8-4-3-5-9-16/h3-5,8-9,15H,6-7,10-14H2,1-2H3. The van der Waals surface area contributed by atoms with E-state index in [-0.39, 0.29) is 5.91 Å². The minimum absolute atomic E-state index is 0.133. The molecule has 1 aliphatic heterocycles. The number of carbonyl (C=O) groups is 1. The average molecular weight is 274 g/mol. The molecule has 0 atom stereocenters. The minimum atomic E-state index is 0.133. The van der Waals surface area contributed by atoms with Crippen LogP contribution in [0.5, 0.6) is 0 Å². The second-order valence-corrected chi connectivity index (χ2v) is 5.98. The van der Waals surface area contributed by atoms with E-state index in [0.717, 1.165) is 24.4 Å². The van der Waals surface area contributed by atoms with E-state index in [1.807, 2.05) is 42.3 Å². The van der Waals surface area contributed by atoms with Crippen molar-refractivity contribution in [2.75, 3.05) is 33.7 Å². The van der Waals surface area contributed by atoms with Crippen molar-refractivity contribution < 1.29 is 4.79 Å². The molecule has 0 N–H and O–H groups in total. The number of piperidine rings is 1. The number of carbonyl (C=O) groups excluding carboxylic acids is 1. The summed E-state index contributed by atoms with van der Waals surface area (Å²) >= 11 is 0. The van der Waals surface area contributed by atoms with Gasteiger partial charge in [0.15, 0.2) is 0 Å². The molecule has 1 heterocycles. The first-order chi connectivity index (χ1) is 9.66. The van der Waals surface area contributed by atoms with Gasteiger partial charge in [0.2, 0.25) is 0 Å². The summed E-state index contributed by atoms with van der Waals surface area (Å²) in [4.78, 5) is 16.4. The second-order valence-electron chi connectivity index (χ2n) is 5.98. The molecule has 0 spiro atoms. The predicted octanol–water partition coefficient (Wildman–Crippen LogP) is 2.88. The van der Waals surface area contributed by atoms with Gasteiger partial charge < -0.3 is 9.80 Å². The molecule has 2 rings (SSSR count). The van der Waals surface area contributed by atoms with Crippen molar-refractivity contribution in [2.24, 2.45) is 5.92 Å². The summed E-state index contributed by atoms with van der Waals surface area (Å²) in [6.45, 7) is 3.31. The van der Waals surface area contributed by atoms with Gasteiger partial charge >= 0.3 is 0 Å². The van der Waals surface area contributed by atoms with Crippen molar-refractivity contribution in [3.63, 3.8) is 0 Å². The lowest BCUT2D eigenvalue weighted by molar-refractivity contribution is 0.0789. The fourth-order valence-corrected chi connectivity index (χ4v) is 2.87. The molecular formula is C17H26N2O. The van der Waals surface area contributed by atoms with Crippen LogP contribution >= 0.6 is 0 Å². The Morgan fingerprint density at radius 1 is 1.25 bits per heavy atom. The van der Waals surface area contributed by atoms with E-state index in [0.29, 0.717) is 0 Å². The Hall–Kier alpha value is -1.35. The maximum absolute atomic E-state index is 12.2. The van der Waals surface area contributed by atoms with E-state index >= 15 is 0 Å².